The summed E-state index contributed by atoms with van der Waals surface area (Å²) in [6.45, 7) is 2.88. The third kappa shape index (κ3) is 4.39. The van der Waals surface area contributed by atoms with Gasteiger partial charge in [0.15, 0.2) is 0 Å². The molecular weight excluding hydrogens is 355 g/mol. The zero-order chi connectivity index (χ0) is 19.3. The highest BCUT2D eigenvalue weighted by atomic mass is 19.1. The molecule has 1 saturated heterocycles. The summed E-state index contributed by atoms with van der Waals surface area (Å²) in [5.74, 6) is -0.114. The van der Waals surface area contributed by atoms with Crippen molar-refractivity contribution in [3.63, 3.8) is 0 Å². The Morgan fingerprint density at radius 3 is 2.89 bits per heavy atom. The van der Waals surface area contributed by atoms with Crippen LogP contribution in [0, 0.1) is 5.82 Å². The van der Waals surface area contributed by atoms with Gasteiger partial charge in [0.2, 0.25) is 5.91 Å². The minimum Gasteiger partial charge on any atom is -0.352 e. The number of fused-ring (bicyclic) bond motifs is 1. The lowest BCUT2D eigenvalue weighted by atomic mass is 10.0. The molecule has 4 rings (SSSR count). The maximum Gasteiger partial charge on any atom is 0.222 e. The lowest BCUT2D eigenvalue weighted by molar-refractivity contribution is -0.122. The van der Waals surface area contributed by atoms with Gasteiger partial charge in [-0.1, -0.05) is 30.3 Å². The van der Waals surface area contributed by atoms with Gasteiger partial charge in [0.1, 0.15) is 5.82 Å². The van der Waals surface area contributed by atoms with Crippen LogP contribution in [0.4, 0.5) is 4.39 Å². The first-order valence-electron chi connectivity index (χ1n) is 9.84. The van der Waals surface area contributed by atoms with Crippen LogP contribution in [0.1, 0.15) is 24.8 Å². The Bertz CT molecular complexity index is 954. The molecule has 3 aromatic rings. The Morgan fingerprint density at radius 1 is 1.18 bits per heavy atom. The van der Waals surface area contributed by atoms with Gasteiger partial charge in [-0.25, -0.2) is 9.37 Å². The second kappa shape index (κ2) is 8.52. The number of nitrogens with zero attached hydrogens (tertiary/aromatic N) is 3. The van der Waals surface area contributed by atoms with Crippen molar-refractivity contribution in [1.29, 1.82) is 0 Å². The summed E-state index contributed by atoms with van der Waals surface area (Å²) < 4.78 is 15.9. The molecule has 1 fully saturated rings. The Kier molecular flexibility index (Phi) is 5.67. The molecule has 0 unspecified atom stereocenters. The Morgan fingerprint density at radius 2 is 2.00 bits per heavy atom. The van der Waals surface area contributed by atoms with Crippen molar-refractivity contribution in [1.82, 2.24) is 19.8 Å². The number of aryl methyl sites for hydroxylation is 1. The SMILES string of the molecule is O=C(CCn1cnc2ccccc21)N[C@@H]1CCCN(Cc2ccccc2F)C1. The lowest BCUT2D eigenvalue weighted by Crippen LogP contribution is -2.47. The van der Waals surface area contributed by atoms with E-state index in [-0.39, 0.29) is 17.8 Å². The molecule has 5 nitrogen and oxygen atoms in total. The minimum atomic E-state index is -0.166. The van der Waals surface area contributed by atoms with Gasteiger partial charge in [-0.05, 0) is 37.6 Å². The largest absolute Gasteiger partial charge is 0.352 e. The molecule has 2 heterocycles. The number of rotatable bonds is 6. The summed E-state index contributed by atoms with van der Waals surface area (Å²) in [7, 11) is 0. The van der Waals surface area contributed by atoms with Crippen LogP contribution < -0.4 is 5.32 Å². The van der Waals surface area contributed by atoms with E-state index in [4.69, 9.17) is 0 Å². The molecule has 1 aliphatic rings. The number of carbonyl (C=O) groups is 1. The summed E-state index contributed by atoms with van der Waals surface area (Å²) in [6.07, 6.45) is 4.18. The molecule has 6 heteroatoms. The molecule has 146 valence electrons. The van der Waals surface area contributed by atoms with Crippen molar-refractivity contribution >= 4 is 16.9 Å². The van der Waals surface area contributed by atoms with Crippen LogP contribution in [0.2, 0.25) is 0 Å². The van der Waals surface area contributed by atoms with Crippen molar-refractivity contribution in [2.45, 2.75) is 38.4 Å². The second-order valence-corrected chi connectivity index (χ2v) is 7.41. The highest BCUT2D eigenvalue weighted by Gasteiger charge is 2.22. The molecule has 0 saturated carbocycles. The van der Waals surface area contributed by atoms with Gasteiger partial charge >= 0.3 is 0 Å². The number of nitrogens with one attached hydrogen (secondary N) is 1. The number of piperidine rings is 1. The first-order chi connectivity index (χ1) is 13.7. The van der Waals surface area contributed by atoms with E-state index < -0.39 is 0 Å². The normalized spacial score (nSPS) is 17.7. The van der Waals surface area contributed by atoms with Gasteiger partial charge in [-0.3, -0.25) is 9.69 Å². The number of halogens is 1. The molecule has 1 aromatic heterocycles. The number of hydrogen-bond donors (Lipinski definition) is 1. The van der Waals surface area contributed by atoms with Gasteiger partial charge < -0.3 is 9.88 Å². The van der Waals surface area contributed by atoms with Crippen LogP contribution in [0.3, 0.4) is 0 Å². The maximum absolute atomic E-state index is 13.9. The number of aromatic nitrogens is 2. The highest BCUT2D eigenvalue weighted by molar-refractivity contribution is 5.77. The van der Waals surface area contributed by atoms with Crippen LogP contribution in [0.15, 0.2) is 54.9 Å². The molecule has 1 N–H and O–H groups in total. The third-order valence-electron chi connectivity index (χ3n) is 5.33. The predicted octanol–water partition coefficient (Wildman–Crippen LogP) is 3.35. The number of imidazole rings is 1. The van der Waals surface area contributed by atoms with Gasteiger partial charge in [0, 0.05) is 37.7 Å². The summed E-state index contributed by atoms with van der Waals surface area (Å²) >= 11 is 0. The van der Waals surface area contributed by atoms with Gasteiger partial charge in [0.05, 0.1) is 17.4 Å². The monoisotopic (exact) mass is 380 g/mol. The number of hydrogen-bond acceptors (Lipinski definition) is 3. The molecule has 0 spiro atoms. The first-order valence-corrected chi connectivity index (χ1v) is 9.84. The zero-order valence-electron chi connectivity index (χ0n) is 15.9. The number of benzene rings is 2. The minimum absolute atomic E-state index is 0.0514. The van der Waals surface area contributed by atoms with E-state index in [9.17, 15) is 9.18 Å². The Hall–Kier alpha value is -2.73. The van der Waals surface area contributed by atoms with Crippen molar-refractivity contribution in [2.24, 2.45) is 0 Å². The molecule has 1 atom stereocenters. The molecule has 1 aliphatic heterocycles. The third-order valence-corrected chi connectivity index (χ3v) is 5.33. The smallest absolute Gasteiger partial charge is 0.222 e. The van der Waals surface area contributed by atoms with Crippen LogP contribution in [-0.4, -0.2) is 39.5 Å². The first kappa shape index (κ1) is 18.6. The zero-order valence-corrected chi connectivity index (χ0v) is 15.9. The van der Waals surface area contributed by atoms with E-state index >= 15 is 0 Å². The lowest BCUT2D eigenvalue weighted by Gasteiger charge is -2.33. The van der Waals surface area contributed by atoms with Crippen LogP contribution in [0.25, 0.3) is 11.0 Å². The van der Waals surface area contributed by atoms with Gasteiger partial charge in [0.25, 0.3) is 0 Å². The average molecular weight is 380 g/mol. The fourth-order valence-electron chi connectivity index (χ4n) is 3.89. The van der Waals surface area contributed by atoms with Crippen LogP contribution in [-0.2, 0) is 17.9 Å². The molecule has 0 radical (unpaired) electrons. The number of amides is 1. The molecular formula is C22H25FN4O. The number of para-hydroxylation sites is 2. The van der Waals surface area contributed by atoms with Crippen LogP contribution >= 0.6 is 0 Å². The van der Waals surface area contributed by atoms with Crippen LogP contribution in [0.5, 0.6) is 0 Å². The van der Waals surface area contributed by atoms with Crippen molar-refractivity contribution in [3.05, 3.63) is 66.2 Å². The van der Waals surface area contributed by atoms with E-state index in [1.54, 1.807) is 12.4 Å². The Balaban J connectivity index is 1.28. The van der Waals surface area contributed by atoms with Gasteiger partial charge in [-0.15, -0.1) is 0 Å². The molecule has 1 amide bonds. The second-order valence-electron chi connectivity index (χ2n) is 7.41. The van der Waals surface area contributed by atoms with E-state index in [1.807, 2.05) is 41.0 Å². The molecule has 0 aliphatic carbocycles. The fourth-order valence-corrected chi connectivity index (χ4v) is 3.89. The summed E-state index contributed by atoms with van der Waals surface area (Å²) in [4.78, 5) is 19.0. The highest BCUT2D eigenvalue weighted by Crippen LogP contribution is 2.16. The molecule has 0 bridgehead atoms. The van der Waals surface area contributed by atoms with Gasteiger partial charge in [-0.2, -0.15) is 0 Å². The average Bonchev–Trinajstić information content (AvgIpc) is 3.12. The summed E-state index contributed by atoms with van der Waals surface area (Å²) in [5, 5.41) is 3.15. The number of carbonyl (C=O) groups excluding carboxylic acids is 1. The van der Waals surface area contributed by atoms with E-state index in [0.717, 1.165) is 37.0 Å². The van der Waals surface area contributed by atoms with Crippen molar-refractivity contribution in [2.75, 3.05) is 13.1 Å². The van der Waals surface area contributed by atoms with Crippen molar-refractivity contribution in [3.8, 4) is 0 Å². The van der Waals surface area contributed by atoms with E-state index in [2.05, 4.69) is 15.2 Å². The van der Waals surface area contributed by atoms with Crippen molar-refractivity contribution < 1.29 is 9.18 Å². The standard InChI is InChI=1S/C22H25FN4O/c23-19-8-2-1-6-17(19)14-26-12-5-7-18(15-26)25-22(28)11-13-27-16-24-20-9-3-4-10-21(20)27/h1-4,6,8-10,16,18H,5,7,11-15H2,(H,25,28)/t18-/m1/s1. The summed E-state index contributed by atoms with van der Waals surface area (Å²) in [6, 6.07) is 14.9. The van der Waals surface area contributed by atoms with E-state index in [0.29, 0.717) is 25.1 Å². The number of likely N-dealkylation sites (tertiary alicyclic amines) is 1. The summed E-state index contributed by atoms with van der Waals surface area (Å²) in [5.41, 5.74) is 2.70. The predicted molar refractivity (Wildman–Crippen MR) is 107 cm³/mol. The topological polar surface area (TPSA) is 50.2 Å². The quantitative estimate of drug-likeness (QED) is 0.714. The fraction of sp³-hybridized carbons (Fsp3) is 0.364. The van der Waals surface area contributed by atoms with E-state index in [1.165, 1.54) is 6.07 Å². The molecule has 28 heavy (non-hydrogen) atoms. The molecule has 2 aromatic carbocycles. The Labute approximate surface area is 164 Å². The maximum atomic E-state index is 13.9.